The monoisotopic (exact) mass is 233 g/mol. The summed E-state index contributed by atoms with van der Waals surface area (Å²) in [6.45, 7) is 6.04. The summed E-state index contributed by atoms with van der Waals surface area (Å²) < 4.78 is 7.39. The highest BCUT2D eigenvalue weighted by Gasteiger charge is 2.15. The van der Waals surface area contributed by atoms with E-state index in [0.29, 0.717) is 6.04 Å². The summed E-state index contributed by atoms with van der Waals surface area (Å²) in [5.74, 6) is 0.843. The normalized spacial score (nSPS) is 13.3. The lowest BCUT2D eigenvalue weighted by atomic mass is 10.2. The molecule has 0 amide bonds. The van der Waals surface area contributed by atoms with Crippen molar-refractivity contribution < 1.29 is 9.84 Å². The van der Waals surface area contributed by atoms with Crippen molar-refractivity contribution in [3.8, 4) is 5.75 Å². The molecule has 17 heavy (non-hydrogen) atoms. The molecule has 0 saturated heterocycles. The number of benzene rings is 1. The van der Waals surface area contributed by atoms with Gasteiger partial charge in [-0.1, -0.05) is 0 Å². The number of fused-ring (bicyclic) bond motifs is 1. The van der Waals surface area contributed by atoms with Gasteiger partial charge in [-0.25, -0.2) is 0 Å². The lowest BCUT2D eigenvalue weighted by molar-refractivity contribution is 0.188. The first-order valence-electron chi connectivity index (χ1n) is 5.91. The Balaban J connectivity index is 2.70. The van der Waals surface area contributed by atoms with E-state index < -0.39 is 6.10 Å². The molecule has 1 aromatic carbocycles. The summed E-state index contributed by atoms with van der Waals surface area (Å²) in [4.78, 5) is 0. The van der Waals surface area contributed by atoms with E-state index in [-0.39, 0.29) is 0 Å². The van der Waals surface area contributed by atoms with Crippen LogP contribution < -0.4 is 4.74 Å². The minimum absolute atomic E-state index is 0.325. The van der Waals surface area contributed by atoms with Crippen molar-refractivity contribution in [2.24, 2.45) is 0 Å². The first-order valence-corrected chi connectivity index (χ1v) is 5.91. The molecule has 0 aliphatic carbocycles. The highest BCUT2D eigenvalue weighted by atomic mass is 16.5. The van der Waals surface area contributed by atoms with Crippen LogP contribution in [0, 0.1) is 0 Å². The van der Waals surface area contributed by atoms with Crippen molar-refractivity contribution >= 4 is 10.9 Å². The predicted octanol–water partition coefficient (Wildman–Crippen LogP) is 3.28. The van der Waals surface area contributed by atoms with Crippen LogP contribution in [0.25, 0.3) is 10.9 Å². The van der Waals surface area contributed by atoms with E-state index >= 15 is 0 Å². The van der Waals surface area contributed by atoms with Crippen molar-refractivity contribution in [2.45, 2.75) is 32.9 Å². The molecule has 1 N–H and O–H groups in total. The molecule has 92 valence electrons. The fraction of sp³-hybridized carbons (Fsp3) is 0.429. The number of nitrogens with zero attached hydrogens (tertiary/aromatic N) is 1. The Bertz CT molecular complexity index is 526. The molecule has 1 aromatic heterocycles. The molecule has 0 fully saturated rings. The third kappa shape index (κ3) is 2.03. The molecule has 0 bridgehead atoms. The second-order valence-corrected chi connectivity index (χ2v) is 4.63. The fourth-order valence-corrected chi connectivity index (χ4v) is 2.26. The molecule has 3 heteroatoms. The van der Waals surface area contributed by atoms with E-state index in [1.807, 2.05) is 24.3 Å². The van der Waals surface area contributed by atoms with Gasteiger partial charge in [-0.15, -0.1) is 0 Å². The Morgan fingerprint density at radius 2 is 1.88 bits per heavy atom. The van der Waals surface area contributed by atoms with Gasteiger partial charge in [0.2, 0.25) is 0 Å². The largest absolute Gasteiger partial charge is 0.497 e. The van der Waals surface area contributed by atoms with Crippen LogP contribution in [-0.4, -0.2) is 16.8 Å². The van der Waals surface area contributed by atoms with Crippen molar-refractivity contribution in [3.05, 3.63) is 30.0 Å². The van der Waals surface area contributed by atoms with Gasteiger partial charge in [-0.05, 0) is 45.0 Å². The van der Waals surface area contributed by atoms with Gasteiger partial charge in [0.05, 0.1) is 13.2 Å². The number of hydrogen-bond donors (Lipinski definition) is 1. The third-order valence-electron chi connectivity index (χ3n) is 3.02. The van der Waals surface area contributed by atoms with Crippen LogP contribution in [0.3, 0.4) is 0 Å². The molecule has 3 nitrogen and oxygen atoms in total. The van der Waals surface area contributed by atoms with E-state index in [2.05, 4.69) is 18.4 Å². The molecule has 1 unspecified atom stereocenters. The van der Waals surface area contributed by atoms with Gasteiger partial charge in [0.1, 0.15) is 5.75 Å². The molecule has 0 saturated carbocycles. The quantitative estimate of drug-likeness (QED) is 0.882. The zero-order valence-electron chi connectivity index (χ0n) is 10.8. The number of methoxy groups -OCH3 is 1. The van der Waals surface area contributed by atoms with Crippen molar-refractivity contribution in [1.29, 1.82) is 0 Å². The minimum Gasteiger partial charge on any atom is -0.497 e. The van der Waals surface area contributed by atoms with Crippen LogP contribution in [0.4, 0.5) is 0 Å². The molecular formula is C14H19NO2. The first kappa shape index (κ1) is 12.0. The predicted molar refractivity (Wildman–Crippen MR) is 69.5 cm³/mol. The first-order chi connectivity index (χ1) is 8.04. The standard InChI is InChI=1S/C14H19NO2/c1-9(2)15-13-6-5-12(17-4)7-11(13)8-14(15)10(3)16/h5-10,16H,1-4H3. The molecule has 2 rings (SSSR count). The molecule has 0 aliphatic heterocycles. The minimum atomic E-state index is -0.462. The number of rotatable bonds is 3. The third-order valence-corrected chi connectivity index (χ3v) is 3.02. The van der Waals surface area contributed by atoms with E-state index in [4.69, 9.17) is 4.74 Å². The maximum atomic E-state index is 9.83. The lowest BCUT2D eigenvalue weighted by Crippen LogP contribution is -2.07. The van der Waals surface area contributed by atoms with Crippen molar-refractivity contribution in [3.63, 3.8) is 0 Å². The van der Waals surface area contributed by atoms with Gasteiger partial charge in [-0.3, -0.25) is 0 Å². The molecule has 0 aliphatic rings. The maximum Gasteiger partial charge on any atom is 0.119 e. The molecule has 0 spiro atoms. The molecule has 2 aromatic rings. The number of ether oxygens (including phenoxy) is 1. The average Bonchev–Trinajstić information content (AvgIpc) is 2.66. The highest BCUT2D eigenvalue weighted by molar-refractivity contribution is 5.83. The lowest BCUT2D eigenvalue weighted by Gasteiger charge is -2.16. The van der Waals surface area contributed by atoms with Gasteiger partial charge < -0.3 is 14.4 Å². The van der Waals surface area contributed by atoms with Gasteiger partial charge in [0, 0.05) is 22.6 Å². The van der Waals surface area contributed by atoms with Crippen LogP contribution in [0.5, 0.6) is 5.75 Å². The van der Waals surface area contributed by atoms with E-state index in [9.17, 15) is 5.11 Å². The average molecular weight is 233 g/mol. The fourth-order valence-electron chi connectivity index (χ4n) is 2.26. The topological polar surface area (TPSA) is 34.4 Å². The smallest absolute Gasteiger partial charge is 0.119 e. The Hall–Kier alpha value is -1.48. The van der Waals surface area contributed by atoms with Gasteiger partial charge in [0.15, 0.2) is 0 Å². The Morgan fingerprint density at radius 3 is 2.41 bits per heavy atom. The van der Waals surface area contributed by atoms with Crippen LogP contribution in [0.2, 0.25) is 0 Å². The number of hydrogen-bond acceptors (Lipinski definition) is 2. The second kappa shape index (κ2) is 4.41. The Kier molecular flexibility index (Phi) is 3.11. The van der Waals surface area contributed by atoms with Crippen LogP contribution in [0.15, 0.2) is 24.3 Å². The molecule has 1 atom stereocenters. The SMILES string of the molecule is COc1ccc2c(c1)cc(C(C)O)n2C(C)C. The van der Waals surface area contributed by atoms with E-state index in [1.165, 1.54) is 0 Å². The Labute approximate surface area is 102 Å². The Morgan fingerprint density at radius 1 is 1.18 bits per heavy atom. The van der Waals surface area contributed by atoms with Gasteiger partial charge >= 0.3 is 0 Å². The van der Waals surface area contributed by atoms with Crippen LogP contribution in [0.1, 0.15) is 38.6 Å². The number of aromatic nitrogens is 1. The summed E-state index contributed by atoms with van der Waals surface area (Å²) in [5.41, 5.74) is 2.08. The van der Waals surface area contributed by atoms with E-state index in [0.717, 1.165) is 22.3 Å². The molecule has 1 heterocycles. The summed E-state index contributed by atoms with van der Waals surface area (Å²) in [7, 11) is 1.66. The van der Waals surface area contributed by atoms with Gasteiger partial charge in [0.25, 0.3) is 0 Å². The zero-order valence-corrected chi connectivity index (χ0v) is 10.8. The van der Waals surface area contributed by atoms with Crippen molar-refractivity contribution in [1.82, 2.24) is 4.57 Å². The molecule has 0 radical (unpaired) electrons. The number of aliphatic hydroxyl groups excluding tert-OH is 1. The highest BCUT2D eigenvalue weighted by Crippen LogP contribution is 2.30. The summed E-state index contributed by atoms with van der Waals surface area (Å²) in [6, 6.07) is 8.35. The molecular weight excluding hydrogens is 214 g/mol. The van der Waals surface area contributed by atoms with Crippen molar-refractivity contribution in [2.75, 3.05) is 7.11 Å². The van der Waals surface area contributed by atoms with Crippen LogP contribution >= 0.6 is 0 Å². The van der Waals surface area contributed by atoms with Gasteiger partial charge in [-0.2, -0.15) is 0 Å². The van der Waals surface area contributed by atoms with Crippen LogP contribution in [-0.2, 0) is 0 Å². The van der Waals surface area contributed by atoms with E-state index in [1.54, 1.807) is 14.0 Å². The number of aliphatic hydroxyl groups is 1. The second-order valence-electron chi connectivity index (χ2n) is 4.63. The summed E-state index contributed by atoms with van der Waals surface area (Å²) in [5, 5.41) is 10.9. The zero-order chi connectivity index (χ0) is 12.6. The summed E-state index contributed by atoms with van der Waals surface area (Å²) >= 11 is 0. The summed E-state index contributed by atoms with van der Waals surface area (Å²) in [6.07, 6.45) is -0.462. The maximum absolute atomic E-state index is 9.83.